The van der Waals surface area contributed by atoms with Gasteiger partial charge < -0.3 is 10.1 Å². The quantitative estimate of drug-likeness (QED) is 0.487. The Hall–Kier alpha value is -1.50. The van der Waals surface area contributed by atoms with Crippen LogP contribution in [0.25, 0.3) is 0 Å². The Balaban J connectivity index is 2.84. The molecule has 1 amide bonds. The van der Waals surface area contributed by atoms with Gasteiger partial charge in [-0.1, -0.05) is 15.9 Å². The largest absolute Gasteiger partial charge is 0.465 e. The second-order valence-corrected chi connectivity index (χ2v) is 4.79. The van der Waals surface area contributed by atoms with Crippen molar-refractivity contribution in [3.8, 4) is 0 Å². The number of carbonyl (C=O) groups is 2. The third-order valence-electron chi connectivity index (χ3n) is 2.52. The number of hydrogen-bond acceptors (Lipinski definition) is 3. The number of hydrogen-bond donors (Lipinski definition) is 1. The summed E-state index contributed by atoms with van der Waals surface area (Å²) in [5, 5.41) is 3.09. The Bertz CT molecular complexity index is 509. The molecule has 1 rings (SSSR count). The molecule has 0 saturated heterocycles. The second-order valence-electron chi connectivity index (χ2n) is 4.00. The van der Waals surface area contributed by atoms with Crippen molar-refractivity contribution < 1.29 is 23.1 Å². The summed E-state index contributed by atoms with van der Waals surface area (Å²) in [6.07, 6.45) is 1.67. The monoisotopic (exact) mass is 349 g/mol. The van der Waals surface area contributed by atoms with Gasteiger partial charge in [-0.3, -0.25) is 4.79 Å². The molecular weight excluding hydrogens is 336 g/mol. The van der Waals surface area contributed by atoms with Gasteiger partial charge in [-0.15, -0.1) is 0 Å². The van der Waals surface area contributed by atoms with Crippen molar-refractivity contribution >= 4 is 33.5 Å². The number of benzene rings is 1. The maximum absolute atomic E-state index is 13.5. The van der Waals surface area contributed by atoms with E-state index in [-0.39, 0.29) is 12.1 Å². The highest BCUT2D eigenvalue weighted by Gasteiger charge is 2.17. The van der Waals surface area contributed by atoms with Gasteiger partial charge in [0.15, 0.2) is 0 Å². The van der Waals surface area contributed by atoms with Crippen molar-refractivity contribution in [2.45, 2.75) is 19.3 Å². The van der Waals surface area contributed by atoms with Crippen LogP contribution in [0.15, 0.2) is 12.1 Å². The number of anilines is 1. The molecule has 0 atom stereocenters. The van der Waals surface area contributed by atoms with Crippen LogP contribution in [0.5, 0.6) is 0 Å². The molecule has 0 aromatic heterocycles. The summed E-state index contributed by atoms with van der Waals surface area (Å²) in [5.74, 6) is -3.31. The Morgan fingerprint density at radius 1 is 1.25 bits per heavy atom. The highest BCUT2D eigenvalue weighted by atomic mass is 79.9. The van der Waals surface area contributed by atoms with Crippen LogP contribution in [0.2, 0.25) is 0 Å². The van der Waals surface area contributed by atoms with Crippen molar-refractivity contribution in [1.82, 2.24) is 0 Å². The predicted molar refractivity (Wildman–Crippen MR) is 74.0 cm³/mol. The normalized spacial score (nSPS) is 10.2. The van der Waals surface area contributed by atoms with Gasteiger partial charge in [0.05, 0.1) is 18.4 Å². The van der Waals surface area contributed by atoms with Gasteiger partial charge in [-0.25, -0.2) is 13.6 Å². The van der Waals surface area contributed by atoms with Gasteiger partial charge >= 0.3 is 5.97 Å². The number of halogens is 3. The lowest BCUT2D eigenvalue weighted by molar-refractivity contribution is -0.116. The van der Waals surface area contributed by atoms with Gasteiger partial charge in [0.25, 0.3) is 0 Å². The standard InChI is InChI=1S/C13H14BrF2NO3/c1-20-13(19)8-6-11(10(16)7-9(8)15)17-12(18)4-2-3-5-14/h6-7H,2-5H2,1H3,(H,17,18). The average Bonchev–Trinajstić information content (AvgIpc) is 2.41. The third kappa shape index (κ3) is 4.56. The molecule has 1 N–H and O–H groups in total. The van der Waals surface area contributed by atoms with Crippen molar-refractivity contribution in [3.63, 3.8) is 0 Å². The zero-order chi connectivity index (χ0) is 15.1. The van der Waals surface area contributed by atoms with Crippen LogP contribution in [-0.2, 0) is 9.53 Å². The number of esters is 1. The second kappa shape index (κ2) is 7.94. The summed E-state index contributed by atoms with van der Waals surface area (Å²) in [4.78, 5) is 22.9. The molecule has 0 aliphatic rings. The van der Waals surface area contributed by atoms with Gasteiger partial charge in [0.2, 0.25) is 5.91 Å². The van der Waals surface area contributed by atoms with E-state index in [0.717, 1.165) is 24.9 Å². The first kappa shape index (κ1) is 16.6. The summed E-state index contributed by atoms with van der Waals surface area (Å²) in [7, 11) is 1.09. The molecule has 0 radical (unpaired) electrons. The number of unbranched alkanes of at least 4 members (excludes halogenated alkanes) is 1. The fourth-order valence-electron chi connectivity index (χ4n) is 1.50. The zero-order valence-electron chi connectivity index (χ0n) is 10.8. The number of amides is 1. The van der Waals surface area contributed by atoms with E-state index in [1.165, 1.54) is 0 Å². The minimum absolute atomic E-state index is 0.218. The average molecular weight is 350 g/mol. The van der Waals surface area contributed by atoms with Crippen LogP contribution in [0.4, 0.5) is 14.5 Å². The van der Waals surface area contributed by atoms with Gasteiger partial charge in [-0.2, -0.15) is 0 Å². The number of ether oxygens (including phenoxy) is 1. The van der Waals surface area contributed by atoms with E-state index in [1.807, 2.05) is 0 Å². The van der Waals surface area contributed by atoms with E-state index in [9.17, 15) is 18.4 Å². The summed E-state index contributed by atoms with van der Waals surface area (Å²) >= 11 is 3.23. The third-order valence-corrected chi connectivity index (χ3v) is 3.08. The van der Waals surface area contributed by atoms with Crippen LogP contribution in [0.3, 0.4) is 0 Å². The lowest BCUT2D eigenvalue weighted by Crippen LogP contribution is -2.14. The van der Waals surface area contributed by atoms with E-state index < -0.39 is 29.1 Å². The molecule has 0 bridgehead atoms. The topological polar surface area (TPSA) is 55.4 Å². The van der Waals surface area contributed by atoms with Gasteiger partial charge in [0.1, 0.15) is 11.6 Å². The zero-order valence-corrected chi connectivity index (χ0v) is 12.4. The molecule has 1 aromatic carbocycles. The molecule has 7 heteroatoms. The molecular formula is C13H14BrF2NO3. The van der Waals surface area contributed by atoms with Crippen molar-refractivity contribution in [3.05, 3.63) is 29.3 Å². The minimum Gasteiger partial charge on any atom is -0.465 e. The van der Waals surface area contributed by atoms with Crippen molar-refractivity contribution in [2.75, 3.05) is 17.8 Å². The number of nitrogens with one attached hydrogen (secondary N) is 1. The number of carbonyl (C=O) groups excluding carboxylic acids is 2. The highest BCUT2D eigenvalue weighted by Crippen LogP contribution is 2.20. The van der Waals surface area contributed by atoms with Crippen LogP contribution < -0.4 is 5.32 Å². The lowest BCUT2D eigenvalue weighted by atomic mass is 10.1. The molecule has 0 saturated carbocycles. The number of rotatable bonds is 6. The molecule has 1 aromatic rings. The Labute approximate surface area is 123 Å². The molecule has 0 unspecified atom stereocenters. The van der Waals surface area contributed by atoms with Crippen LogP contribution in [0, 0.1) is 11.6 Å². The SMILES string of the molecule is COC(=O)c1cc(NC(=O)CCCCBr)c(F)cc1F. The number of alkyl halides is 1. The van der Waals surface area contributed by atoms with Crippen LogP contribution >= 0.6 is 15.9 Å². The maximum Gasteiger partial charge on any atom is 0.340 e. The molecule has 20 heavy (non-hydrogen) atoms. The van der Waals surface area contributed by atoms with E-state index in [2.05, 4.69) is 26.0 Å². The fourth-order valence-corrected chi connectivity index (χ4v) is 1.90. The molecule has 0 fully saturated rings. The minimum atomic E-state index is -1.04. The maximum atomic E-state index is 13.5. The summed E-state index contributed by atoms with van der Waals surface area (Å²) in [5.41, 5.74) is -0.666. The summed E-state index contributed by atoms with van der Waals surface area (Å²) in [6.45, 7) is 0. The van der Waals surface area contributed by atoms with Crippen LogP contribution in [-0.4, -0.2) is 24.3 Å². The first-order valence-electron chi connectivity index (χ1n) is 5.92. The van der Waals surface area contributed by atoms with Crippen molar-refractivity contribution in [1.29, 1.82) is 0 Å². The number of methoxy groups -OCH3 is 1. The van der Waals surface area contributed by atoms with Crippen molar-refractivity contribution in [2.24, 2.45) is 0 Å². The summed E-state index contributed by atoms with van der Waals surface area (Å²) in [6, 6.07) is 1.47. The first-order chi connectivity index (χ1) is 9.49. The van der Waals surface area contributed by atoms with E-state index in [1.54, 1.807) is 0 Å². The lowest BCUT2D eigenvalue weighted by Gasteiger charge is -2.09. The van der Waals surface area contributed by atoms with E-state index in [0.29, 0.717) is 12.5 Å². The van der Waals surface area contributed by atoms with E-state index in [4.69, 9.17) is 0 Å². The van der Waals surface area contributed by atoms with E-state index >= 15 is 0 Å². The van der Waals surface area contributed by atoms with Gasteiger partial charge in [0, 0.05) is 17.8 Å². The first-order valence-corrected chi connectivity index (χ1v) is 7.05. The predicted octanol–water partition coefficient (Wildman–Crippen LogP) is 3.26. The smallest absolute Gasteiger partial charge is 0.340 e. The Kier molecular flexibility index (Phi) is 6.57. The highest BCUT2D eigenvalue weighted by molar-refractivity contribution is 9.09. The molecule has 0 spiro atoms. The summed E-state index contributed by atoms with van der Waals surface area (Å²) < 4.78 is 31.3. The molecule has 110 valence electrons. The molecule has 0 aliphatic heterocycles. The molecule has 0 aliphatic carbocycles. The Morgan fingerprint density at radius 2 is 1.95 bits per heavy atom. The molecule has 0 heterocycles. The fraction of sp³-hybridized carbons (Fsp3) is 0.385. The molecule has 4 nitrogen and oxygen atoms in total. The Morgan fingerprint density at radius 3 is 2.55 bits per heavy atom. The van der Waals surface area contributed by atoms with Gasteiger partial charge in [-0.05, 0) is 18.9 Å². The van der Waals surface area contributed by atoms with Crippen LogP contribution in [0.1, 0.15) is 29.6 Å².